The lowest BCUT2D eigenvalue weighted by molar-refractivity contribution is -0.0543. The maximum absolute atomic E-state index is 12.8. The SMILES string of the molecule is CCCCC[C@@H]1O[C@H]([C@@H](COC(=O)c2ccccc2)OS(C)(=O)=O)C[C@@H]1O[Si](c1ccccc1)(c1ccccc1)C(C)(C)C. The summed E-state index contributed by atoms with van der Waals surface area (Å²) in [7, 11) is -6.80. The molecule has 1 aliphatic rings. The Morgan fingerprint density at radius 3 is 1.95 bits per heavy atom. The molecule has 1 saturated heterocycles. The van der Waals surface area contributed by atoms with Crippen LogP contribution in [0.2, 0.25) is 5.04 Å². The minimum Gasteiger partial charge on any atom is -0.459 e. The summed E-state index contributed by atoms with van der Waals surface area (Å²) in [5.41, 5.74) is 0.378. The van der Waals surface area contributed by atoms with Gasteiger partial charge in [0, 0.05) is 6.42 Å². The molecule has 0 aliphatic carbocycles. The first kappa shape index (κ1) is 34.1. The standard InChI is InChI=1S/C35H46O7SSi/c1-6-7-11-24-30-32(42-44(35(2,3)4,28-20-14-9-15-21-28)29-22-16-10-17-23-29)25-31(40-30)33(41-43(5,37)38)26-39-34(36)27-18-12-8-13-19-27/h8-10,12-23,30-33H,6-7,11,24-26H2,1-5H3/t30-,31-,32-,33+/m0/s1. The van der Waals surface area contributed by atoms with E-state index in [0.29, 0.717) is 12.0 Å². The van der Waals surface area contributed by atoms with Gasteiger partial charge in [0.25, 0.3) is 18.4 Å². The summed E-state index contributed by atoms with van der Waals surface area (Å²) in [5, 5.41) is 2.08. The van der Waals surface area contributed by atoms with Gasteiger partial charge in [-0.2, -0.15) is 8.42 Å². The van der Waals surface area contributed by atoms with Crippen LogP contribution < -0.4 is 10.4 Å². The first-order valence-electron chi connectivity index (χ1n) is 15.5. The van der Waals surface area contributed by atoms with E-state index in [0.717, 1.165) is 42.3 Å². The summed E-state index contributed by atoms with van der Waals surface area (Å²) in [6.07, 6.45) is 2.98. The van der Waals surface area contributed by atoms with Crippen LogP contribution in [0, 0.1) is 0 Å². The quantitative estimate of drug-likeness (QED) is 0.0945. The molecular formula is C35H46O7SSi. The van der Waals surface area contributed by atoms with Crippen molar-refractivity contribution in [3.63, 3.8) is 0 Å². The Labute approximate surface area is 264 Å². The topological polar surface area (TPSA) is 88.1 Å². The van der Waals surface area contributed by atoms with Gasteiger partial charge in [-0.25, -0.2) is 4.79 Å². The van der Waals surface area contributed by atoms with E-state index in [2.05, 4.69) is 76.2 Å². The van der Waals surface area contributed by atoms with Crippen LogP contribution in [0.15, 0.2) is 91.0 Å². The fraction of sp³-hybridized carbons (Fsp3) is 0.457. The smallest absolute Gasteiger partial charge is 0.338 e. The molecule has 0 aromatic heterocycles. The minimum atomic E-state index is -3.88. The Kier molecular flexibility index (Phi) is 11.6. The number of ether oxygens (including phenoxy) is 2. The third-order valence-corrected chi connectivity index (χ3v) is 13.8. The van der Waals surface area contributed by atoms with Gasteiger partial charge >= 0.3 is 5.97 Å². The van der Waals surface area contributed by atoms with Crippen molar-refractivity contribution < 1.29 is 31.3 Å². The van der Waals surface area contributed by atoms with Crippen molar-refractivity contribution >= 4 is 34.8 Å². The van der Waals surface area contributed by atoms with Crippen LogP contribution >= 0.6 is 0 Å². The molecule has 238 valence electrons. The fourth-order valence-electron chi connectivity index (χ4n) is 6.12. The highest BCUT2D eigenvalue weighted by molar-refractivity contribution is 7.86. The summed E-state index contributed by atoms with van der Waals surface area (Å²) in [4.78, 5) is 12.8. The van der Waals surface area contributed by atoms with E-state index < -0.39 is 36.6 Å². The van der Waals surface area contributed by atoms with Crippen LogP contribution in [0.25, 0.3) is 0 Å². The van der Waals surface area contributed by atoms with Crippen LogP contribution in [0.4, 0.5) is 0 Å². The Balaban J connectivity index is 1.69. The number of carbonyl (C=O) groups is 1. The van der Waals surface area contributed by atoms with Gasteiger partial charge in [0.15, 0.2) is 0 Å². The molecule has 7 nitrogen and oxygen atoms in total. The fourth-order valence-corrected chi connectivity index (χ4v) is 11.5. The van der Waals surface area contributed by atoms with E-state index in [1.54, 1.807) is 24.3 Å². The molecule has 0 spiro atoms. The second-order valence-corrected chi connectivity index (χ2v) is 18.4. The summed E-state index contributed by atoms with van der Waals surface area (Å²) in [6, 6.07) is 29.5. The van der Waals surface area contributed by atoms with Crippen molar-refractivity contribution in [3.05, 3.63) is 96.6 Å². The number of hydrogen-bond acceptors (Lipinski definition) is 7. The lowest BCUT2D eigenvalue weighted by Gasteiger charge is -2.45. The average Bonchev–Trinajstić information content (AvgIpc) is 3.40. The van der Waals surface area contributed by atoms with Gasteiger partial charge in [-0.05, 0) is 34.0 Å². The number of unbranched alkanes of at least 4 members (excludes halogenated alkanes) is 2. The highest BCUT2D eigenvalue weighted by Gasteiger charge is 2.54. The summed E-state index contributed by atoms with van der Waals surface area (Å²) in [5.74, 6) is -0.551. The van der Waals surface area contributed by atoms with Gasteiger partial charge in [-0.15, -0.1) is 0 Å². The second-order valence-electron chi connectivity index (χ2n) is 12.6. The maximum Gasteiger partial charge on any atom is 0.338 e. The van der Waals surface area contributed by atoms with Gasteiger partial charge in [0.05, 0.1) is 30.1 Å². The molecule has 44 heavy (non-hydrogen) atoms. The van der Waals surface area contributed by atoms with Gasteiger partial charge in [-0.3, -0.25) is 4.18 Å². The van der Waals surface area contributed by atoms with Crippen LogP contribution in [-0.4, -0.2) is 60.0 Å². The lowest BCUT2D eigenvalue weighted by Crippen LogP contribution is -2.68. The molecule has 1 aliphatic heterocycles. The molecule has 4 rings (SSSR count). The van der Waals surface area contributed by atoms with E-state index in [1.807, 2.05) is 18.2 Å². The van der Waals surface area contributed by atoms with Gasteiger partial charge in [-0.1, -0.05) is 126 Å². The molecule has 0 saturated carbocycles. The first-order chi connectivity index (χ1) is 20.9. The number of hydrogen-bond donors (Lipinski definition) is 0. The Morgan fingerprint density at radius 1 is 0.909 bits per heavy atom. The molecule has 3 aromatic carbocycles. The Morgan fingerprint density at radius 2 is 1.45 bits per heavy atom. The van der Waals surface area contributed by atoms with Crippen molar-refractivity contribution in [2.75, 3.05) is 12.9 Å². The first-order valence-corrected chi connectivity index (χ1v) is 19.2. The molecule has 4 atom stereocenters. The summed E-state index contributed by atoms with van der Waals surface area (Å²) in [6.45, 7) is 8.59. The van der Waals surface area contributed by atoms with Crippen molar-refractivity contribution in [2.45, 2.75) is 89.3 Å². The molecule has 0 N–H and O–H groups in total. The van der Waals surface area contributed by atoms with Gasteiger partial charge in [0.1, 0.15) is 12.7 Å². The molecule has 0 amide bonds. The largest absolute Gasteiger partial charge is 0.459 e. The molecule has 0 radical (unpaired) electrons. The van der Waals surface area contributed by atoms with Gasteiger partial charge < -0.3 is 13.9 Å². The van der Waals surface area contributed by atoms with Crippen LogP contribution in [0.3, 0.4) is 0 Å². The zero-order chi connectivity index (χ0) is 31.8. The van der Waals surface area contributed by atoms with E-state index >= 15 is 0 Å². The van der Waals surface area contributed by atoms with Crippen molar-refractivity contribution in [2.24, 2.45) is 0 Å². The highest BCUT2D eigenvalue weighted by atomic mass is 32.2. The van der Waals surface area contributed by atoms with Crippen LogP contribution in [-0.2, 0) is 28.2 Å². The minimum absolute atomic E-state index is 0.240. The van der Waals surface area contributed by atoms with E-state index in [4.69, 9.17) is 18.1 Å². The van der Waals surface area contributed by atoms with Gasteiger partial charge in [0.2, 0.25) is 0 Å². The predicted molar refractivity (Wildman–Crippen MR) is 176 cm³/mol. The zero-order valence-electron chi connectivity index (χ0n) is 26.5. The maximum atomic E-state index is 12.8. The number of benzene rings is 3. The van der Waals surface area contributed by atoms with Crippen LogP contribution in [0.5, 0.6) is 0 Å². The molecule has 1 heterocycles. The lowest BCUT2D eigenvalue weighted by atomic mass is 10.0. The zero-order valence-corrected chi connectivity index (χ0v) is 28.3. The van der Waals surface area contributed by atoms with E-state index in [1.165, 1.54) is 0 Å². The molecule has 3 aromatic rings. The van der Waals surface area contributed by atoms with Crippen molar-refractivity contribution in [1.29, 1.82) is 0 Å². The second kappa shape index (κ2) is 15.0. The van der Waals surface area contributed by atoms with E-state index in [9.17, 15) is 13.2 Å². The summed E-state index contributed by atoms with van der Waals surface area (Å²) >= 11 is 0. The van der Waals surface area contributed by atoms with Crippen LogP contribution in [0.1, 0.15) is 70.2 Å². The average molecular weight is 639 g/mol. The normalized spacial score (nSPS) is 19.9. The Hall–Kier alpha value is -2.82. The molecule has 0 unspecified atom stereocenters. The van der Waals surface area contributed by atoms with E-state index in [-0.39, 0.29) is 23.9 Å². The number of carbonyl (C=O) groups excluding carboxylic acids is 1. The predicted octanol–water partition coefficient (Wildman–Crippen LogP) is 5.87. The molecule has 0 bridgehead atoms. The van der Waals surface area contributed by atoms with Crippen molar-refractivity contribution in [3.8, 4) is 0 Å². The third kappa shape index (κ3) is 8.46. The van der Waals surface area contributed by atoms with Crippen molar-refractivity contribution in [1.82, 2.24) is 0 Å². The molecule has 9 heteroatoms. The number of esters is 1. The Bertz CT molecular complexity index is 1390. The summed E-state index contributed by atoms with van der Waals surface area (Å²) < 4.78 is 49.9. The molecule has 1 fully saturated rings. The third-order valence-electron chi connectivity index (χ3n) is 8.17. The number of rotatable bonds is 14. The highest BCUT2D eigenvalue weighted by Crippen LogP contribution is 2.41. The monoisotopic (exact) mass is 638 g/mol. The molecular weight excluding hydrogens is 593 g/mol.